The number of carbonyl (C=O) groups excluding carboxylic acids is 6. The number of ether oxygens (including phenoxy) is 1. The van der Waals surface area contributed by atoms with E-state index < -0.39 is 72.2 Å². The van der Waals surface area contributed by atoms with Gasteiger partial charge in [0.15, 0.2) is 5.60 Å². The highest BCUT2D eigenvalue weighted by atomic mass is 16.6. The molecule has 0 fully saturated rings. The van der Waals surface area contributed by atoms with E-state index >= 15 is 0 Å². The molecule has 0 radical (unpaired) electrons. The van der Waals surface area contributed by atoms with Crippen molar-refractivity contribution in [3.05, 3.63) is 62.9 Å². The highest BCUT2D eigenvalue weighted by Gasteiger charge is 2.45. The van der Waals surface area contributed by atoms with Crippen molar-refractivity contribution in [2.45, 2.75) is 90.3 Å². The average molecular weight is 761 g/mol. The fourth-order valence-electron chi connectivity index (χ4n) is 7.00. The molecule has 294 valence electrons. The quantitative estimate of drug-likeness (QED) is 0.0837. The van der Waals surface area contributed by atoms with Gasteiger partial charge < -0.3 is 46.7 Å². The Bertz CT molecular complexity index is 2110. The van der Waals surface area contributed by atoms with Crippen LogP contribution < -0.4 is 33.0 Å². The largest absolute Gasteiger partial charge is 0.458 e. The number of aromatic nitrogens is 2. The number of esters is 1. The number of hydrogen-bond acceptors (Lipinski definition) is 11. The minimum absolute atomic E-state index is 0.0122. The van der Waals surface area contributed by atoms with Crippen molar-refractivity contribution in [3.8, 4) is 11.4 Å². The molecule has 17 heteroatoms. The summed E-state index contributed by atoms with van der Waals surface area (Å²) in [4.78, 5) is 96.5. The number of nitrogens with zero attached hydrogens (tertiary/aromatic N) is 3. The van der Waals surface area contributed by atoms with Gasteiger partial charge >= 0.3 is 5.97 Å². The van der Waals surface area contributed by atoms with Crippen LogP contribution in [0.1, 0.15) is 69.2 Å². The number of pyridine rings is 2. The van der Waals surface area contributed by atoms with Gasteiger partial charge in [-0.25, -0.2) is 9.78 Å². The van der Waals surface area contributed by atoms with Gasteiger partial charge in [-0.05, 0) is 49.8 Å². The molecule has 4 heterocycles. The van der Waals surface area contributed by atoms with E-state index in [-0.39, 0.29) is 55.1 Å². The van der Waals surface area contributed by atoms with Crippen molar-refractivity contribution >= 4 is 46.4 Å². The summed E-state index contributed by atoms with van der Waals surface area (Å²) in [5.74, 6) is -4.28. The van der Waals surface area contributed by atoms with Gasteiger partial charge in [0.05, 0.1) is 48.0 Å². The fourth-order valence-corrected chi connectivity index (χ4v) is 7.00. The van der Waals surface area contributed by atoms with Crippen LogP contribution in [-0.4, -0.2) is 93.3 Å². The van der Waals surface area contributed by atoms with Gasteiger partial charge in [-0.3, -0.25) is 28.8 Å². The third-order valence-electron chi connectivity index (χ3n) is 10.0. The van der Waals surface area contributed by atoms with Gasteiger partial charge in [-0.15, -0.1) is 0 Å². The van der Waals surface area contributed by atoms with Crippen molar-refractivity contribution in [2.24, 2.45) is 17.4 Å². The second kappa shape index (κ2) is 16.4. The fraction of sp³-hybridized carbons (Fsp3) is 0.474. The zero-order valence-electron chi connectivity index (χ0n) is 31.6. The molecule has 0 aliphatic carbocycles. The zero-order chi connectivity index (χ0) is 40.4. The molecule has 0 bridgehead atoms. The molecule has 2 aromatic heterocycles. The molecule has 0 saturated carbocycles. The Labute approximate surface area is 317 Å². The summed E-state index contributed by atoms with van der Waals surface area (Å²) in [6.45, 7) is 6.46. The van der Waals surface area contributed by atoms with E-state index in [0.717, 1.165) is 16.5 Å². The number of benzene rings is 1. The van der Waals surface area contributed by atoms with Gasteiger partial charge in [0, 0.05) is 30.1 Å². The molecular formula is C38H48N8O9. The molecule has 0 unspecified atom stereocenters. The van der Waals surface area contributed by atoms with Crippen LogP contribution in [0.15, 0.2) is 35.1 Å². The van der Waals surface area contributed by atoms with Crippen LogP contribution >= 0.6 is 0 Å². The predicted molar refractivity (Wildman–Crippen MR) is 200 cm³/mol. The summed E-state index contributed by atoms with van der Waals surface area (Å²) in [5, 5.41) is 19.5. The first kappa shape index (κ1) is 40.5. The van der Waals surface area contributed by atoms with Crippen LogP contribution in [0.2, 0.25) is 0 Å². The smallest absolute Gasteiger partial charge is 0.343 e. The lowest BCUT2D eigenvalue weighted by atomic mass is 9.86. The summed E-state index contributed by atoms with van der Waals surface area (Å²) in [7, 11) is 1.60. The van der Waals surface area contributed by atoms with Gasteiger partial charge in [-0.1, -0.05) is 39.0 Å². The number of fused-ring (bicyclic) bond motifs is 5. The van der Waals surface area contributed by atoms with Gasteiger partial charge in [0.1, 0.15) is 18.7 Å². The lowest BCUT2D eigenvalue weighted by Crippen LogP contribution is -2.56. The maximum atomic E-state index is 14.0. The summed E-state index contributed by atoms with van der Waals surface area (Å²) in [5.41, 5.74) is 12.2. The number of primary amides is 1. The third-order valence-corrected chi connectivity index (χ3v) is 10.0. The van der Waals surface area contributed by atoms with Crippen LogP contribution in [0.4, 0.5) is 0 Å². The van der Waals surface area contributed by atoms with Crippen LogP contribution in [0.25, 0.3) is 22.3 Å². The molecule has 0 spiro atoms. The van der Waals surface area contributed by atoms with Gasteiger partial charge in [0.25, 0.3) is 5.56 Å². The van der Waals surface area contributed by atoms with Crippen molar-refractivity contribution in [1.82, 2.24) is 30.4 Å². The number of aliphatic hydroxyl groups is 1. The van der Waals surface area contributed by atoms with Crippen LogP contribution in [0.5, 0.6) is 0 Å². The van der Waals surface area contributed by atoms with E-state index in [4.69, 9.17) is 21.2 Å². The molecular weight excluding hydrogens is 712 g/mol. The van der Waals surface area contributed by atoms with E-state index in [0.29, 0.717) is 23.3 Å². The van der Waals surface area contributed by atoms with E-state index in [1.165, 1.54) is 11.8 Å². The Balaban J connectivity index is 1.39. The van der Waals surface area contributed by atoms with Crippen molar-refractivity contribution in [3.63, 3.8) is 0 Å². The van der Waals surface area contributed by atoms with Gasteiger partial charge in [0.2, 0.25) is 29.5 Å². The number of nitrogens with one attached hydrogen (secondary N) is 3. The number of likely N-dealkylation sites (N-methyl/N-ethyl adjacent to an activating group) is 1. The Kier molecular flexibility index (Phi) is 12.0. The lowest BCUT2D eigenvalue weighted by molar-refractivity contribution is -0.172. The first-order valence-corrected chi connectivity index (χ1v) is 18.2. The van der Waals surface area contributed by atoms with Crippen molar-refractivity contribution in [1.29, 1.82) is 0 Å². The number of cyclic esters (lactones) is 1. The number of rotatable bonds is 15. The standard InChI is InChI=1S/C38H48N8O9/c1-6-38(54)25-14-29-32-23(17-46(29)35(51)24(25)18-55-37(38)53)21(22-9-7-8-10-26(22)43-32)11-12-45(5)36(52)28(13-19(2)3)44-34(50)27(15-30(40)47)42-31(48)16-41-33(49)20(4)39/h7-10,14,19-20,27-28,54H,6,11-13,15-18,39H2,1-5H3,(H2,40,47)(H,41,49)(H,42,48)(H,44,50)/t20-,27-,28-,38-/m0/s1. The second-order valence-corrected chi connectivity index (χ2v) is 14.5. The number of nitrogens with two attached hydrogens (primary N) is 2. The summed E-state index contributed by atoms with van der Waals surface area (Å²) < 4.78 is 6.76. The topological polar surface area (TPSA) is 258 Å². The summed E-state index contributed by atoms with van der Waals surface area (Å²) in [6, 6.07) is 5.81. The summed E-state index contributed by atoms with van der Waals surface area (Å²) in [6.07, 6.45) is 0.0428. The summed E-state index contributed by atoms with van der Waals surface area (Å²) >= 11 is 0. The van der Waals surface area contributed by atoms with Gasteiger partial charge in [-0.2, -0.15) is 0 Å². The Morgan fingerprint density at radius 2 is 1.76 bits per heavy atom. The van der Waals surface area contributed by atoms with E-state index in [9.17, 15) is 38.7 Å². The van der Waals surface area contributed by atoms with E-state index in [1.807, 2.05) is 38.1 Å². The molecule has 17 nitrogen and oxygen atoms in total. The van der Waals surface area contributed by atoms with Crippen molar-refractivity contribution < 1.29 is 38.6 Å². The molecule has 55 heavy (non-hydrogen) atoms. The van der Waals surface area contributed by atoms with E-state index in [1.54, 1.807) is 24.6 Å². The average Bonchev–Trinajstić information content (AvgIpc) is 3.51. The first-order valence-electron chi connectivity index (χ1n) is 18.2. The van der Waals surface area contributed by atoms with Crippen molar-refractivity contribution in [2.75, 3.05) is 20.1 Å². The number of para-hydroxylation sites is 1. The molecule has 0 saturated heterocycles. The molecule has 8 N–H and O–H groups in total. The maximum Gasteiger partial charge on any atom is 0.343 e. The lowest BCUT2D eigenvalue weighted by Gasteiger charge is -2.31. The normalized spacial score (nSPS) is 17.3. The molecule has 1 aromatic carbocycles. The molecule has 4 atom stereocenters. The molecule has 5 rings (SSSR count). The monoisotopic (exact) mass is 760 g/mol. The van der Waals surface area contributed by atoms with Crippen LogP contribution in [-0.2, 0) is 58.7 Å². The number of hydrogen-bond donors (Lipinski definition) is 6. The number of amides is 5. The van der Waals surface area contributed by atoms with E-state index in [2.05, 4.69) is 16.0 Å². The maximum absolute atomic E-state index is 14.0. The zero-order valence-corrected chi connectivity index (χ0v) is 31.6. The minimum atomic E-state index is -1.97. The Hall–Kier alpha value is -5.68. The first-order chi connectivity index (χ1) is 26.0. The molecule has 2 aliphatic rings. The SMILES string of the molecule is CC[C@@]1(O)C(=O)OCc2c1cc1n(c2=O)Cc2c-1nc1ccccc1c2CCN(C)C(=O)[C@H](CC(C)C)NC(=O)[C@H](CC(N)=O)NC(=O)CNC(=O)[C@H](C)N. The molecule has 5 amide bonds. The van der Waals surface area contributed by atoms with Crippen LogP contribution in [0, 0.1) is 5.92 Å². The highest BCUT2D eigenvalue weighted by molar-refractivity contribution is 5.96. The molecule has 3 aromatic rings. The third kappa shape index (κ3) is 8.37. The Morgan fingerprint density at radius 1 is 1.05 bits per heavy atom. The highest BCUT2D eigenvalue weighted by Crippen LogP contribution is 2.40. The predicted octanol–water partition coefficient (Wildman–Crippen LogP) is -0.565. The Morgan fingerprint density at radius 3 is 2.42 bits per heavy atom. The number of carbonyl (C=O) groups is 6. The minimum Gasteiger partial charge on any atom is -0.458 e. The second-order valence-electron chi connectivity index (χ2n) is 14.5. The van der Waals surface area contributed by atoms with Crippen LogP contribution in [0.3, 0.4) is 0 Å². The molecule has 2 aliphatic heterocycles.